The van der Waals surface area contributed by atoms with Crippen LogP contribution in [0.25, 0.3) is 10.8 Å². The maximum atomic E-state index is 15.1. The predicted octanol–water partition coefficient (Wildman–Crippen LogP) is 10.5. The Labute approximate surface area is 224 Å². The normalized spacial score (nSPS) is 17.8. The average molecular weight is 523 g/mol. The third kappa shape index (κ3) is 7.85. The number of aryl methyl sites for hydroxylation is 1. The van der Waals surface area contributed by atoms with Crippen LogP contribution in [0.15, 0.2) is 54.6 Å². The lowest BCUT2D eigenvalue weighted by Crippen LogP contribution is -2.15. The van der Waals surface area contributed by atoms with Gasteiger partial charge in [0.25, 0.3) is 0 Å². The van der Waals surface area contributed by atoms with Gasteiger partial charge in [-0.25, -0.2) is 4.39 Å². The molecular weight excluding hydrogens is 484 g/mol. The van der Waals surface area contributed by atoms with E-state index < -0.39 is 11.7 Å². The monoisotopic (exact) mass is 522 g/mol. The average Bonchev–Trinajstić information content (AvgIpc) is 2.92. The smallest absolute Gasteiger partial charge is 0.205 e. The third-order valence-electron chi connectivity index (χ3n) is 8.10. The largest absolute Gasteiger partial charge is 0.416 e. The van der Waals surface area contributed by atoms with E-state index in [0.29, 0.717) is 10.9 Å². The molecule has 0 unspecified atom stereocenters. The van der Waals surface area contributed by atoms with Gasteiger partial charge in [0.15, 0.2) is 0 Å². The maximum absolute atomic E-state index is 15.1. The van der Waals surface area contributed by atoms with Gasteiger partial charge in [-0.05, 0) is 66.0 Å². The SMILES string of the molecule is CCCCCCCC1CCC(CCc2ccc3c(F)c(C#Cc4ccc(C(F)(F)F)cc4)ccc3c2)CC1. The van der Waals surface area contributed by atoms with Gasteiger partial charge in [0.05, 0.1) is 11.1 Å². The number of hydrogen-bond acceptors (Lipinski definition) is 0. The highest BCUT2D eigenvalue weighted by molar-refractivity contribution is 5.85. The van der Waals surface area contributed by atoms with E-state index in [4.69, 9.17) is 0 Å². The molecule has 0 aromatic heterocycles. The molecule has 3 aromatic carbocycles. The Bertz CT molecular complexity index is 1240. The first kappa shape index (κ1) is 28.2. The fourth-order valence-corrected chi connectivity index (χ4v) is 5.69. The Morgan fingerprint density at radius 1 is 0.763 bits per heavy atom. The first-order valence-electron chi connectivity index (χ1n) is 14.2. The van der Waals surface area contributed by atoms with E-state index in [1.807, 2.05) is 18.2 Å². The Morgan fingerprint density at radius 2 is 1.45 bits per heavy atom. The van der Waals surface area contributed by atoms with Crippen LogP contribution in [0, 0.1) is 29.5 Å². The summed E-state index contributed by atoms with van der Waals surface area (Å²) < 4.78 is 53.3. The number of unbranched alkanes of at least 4 members (excludes halogenated alkanes) is 4. The zero-order valence-electron chi connectivity index (χ0n) is 22.3. The minimum Gasteiger partial charge on any atom is -0.205 e. The van der Waals surface area contributed by atoms with Gasteiger partial charge >= 0.3 is 6.18 Å². The number of benzene rings is 3. The molecule has 0 N–H and O–H groups in total. The van der Waals surface area contributed by atoms with Crippen molar-refractivity contribution in [2.45, 2.75) is 90.1 Å². The Kier molecular flexibility index (Phi) is 9.89. The second-order valence-electron chi connectivity index (χ2n) is 10.9. The van der Waals surface area contributed by atoms with Crippen LogP contribution in [0.2, 0.25) is 0 Å². The summed E-state index contributed by atoms with van der Waals surface area (Å²) in [5, 5.41) is 1.37. The molecular formula is C34H38F4. The minimum absolute atomic E-state index is 0.243. The van der Waals surface area contributed by atoms with Crippen LogP contribution in [-0.4, -0.2) is 0 Å². The molecule has 4 heteroatoms. The number of fused-ring (bicyclic) bond motifs is 1. The fraction of sp³-hybridized carbons (Fsp3) is 0.471. The number of hydrogen-bond donors (Lipinski definition) is 0. The molecule has 0 bridgehead atoms. The molecule has 38 heavy (non-hydrogen) atoms. The summed E-state index contributed by atoms with van der Waals surface area (Å²) in [5.74, 6) is 6.89. The summed E-state index contributed by atoms with van der Waals surface area (Å²) in [6.07, 6.45) is 11.5. The molecule has 202 valence electrons. The second kappa shape index (κ2) is 13.3. The topological polar surface area (TPSA) is 0 Å². The number of halogens is 4. The van der Waals surface area contributed by atoms with E-state index in [1.165, 1.54) is 88.3 Å². The van der Waals surface area contributed by atoms with E-state index in [1.54, 1.807) is 6.07 Å². The maximum Gasteiger partial charge on any atom is 0.416 e. The highest BCUT2D eigenvalue weighted by Crippen LogP contribution is 2.35. The zero-order chi connectivity index (χ0) is 27.0. The van der Waals surface area contributed by atoms with Crippen molar-refractivity contribution in [2.24, 2.45) is 11.8 Å². The Morgan fingerprint density at radius 3 is 2.13 bits per heavy atom. The highest BCUT2D eigenvalue weighted by Gasteiger charge is 2.29. The Hall–Kier alpha value is -2.80. The van der Waals surface area contributed by atoms with Crippen molar-refractivity contribution in [3.05, 3.63) is 82.7 Å². The van der Waals surface area contributed by atoms with E-state index in [-0.39, 0.29) is 11.4 Å². The summed E-state index contributed by atoms with van der Waals surface area (Å²) in [7, 11) is 0. The van der Waals surface area contributed by atoms with Crippen molar-refractivity contribution in [1.82, 2.24) is 0 Å². The summed E-state index contributed by atoms with van der Waals surface area (Å²) in [6, 6.07) is 14.1. The van der Waals surface area contributed by atoms with Crippen LogP contribution in [0.1, 0.15) is 99.8 Å². The quantitative estimate of drug-likeness (QED) is 0.149. The van der Waals surface area contributed by atoms with Gasteiger partial charge in [0.2, 0.25) is 0 Å². The lowest BCUT2D eigenvalue weighted by atomic mass is 9.77. The number of alkyl halides is 3. The van der Waals surface area contributed by atoms with Crippen molar-refractivity contribution in [3.8, 4) is 11.8 Å². The van der Waals surface area contributed by atoms with Crippen LogP contribution in [0.5, 0.6) is 0 Å². The van der Waals surface area contributed by atoms with Crippen molar-refractivity contribution < 1.29 is 17.6 Å². The van der Waals surface area contributed by atoms with Crippen LogP contribution in [0.3, 0.4) is 0 Å². The van der Waals surface area contributed by atoms with Gasteiger partial charge < -0.3 is 0 Å². The molecule has 1 saturated carbocycles. The van der Waals surface area contributed by atoms with E-state index in [2.05, 4.69) is 24.8 Å². The highest BCUT2D eigenvalue weighted by atomic mass is 19.4. The van der Waals surface area contributed by atoms with Gasteiger partial charge in [-0.15, -0.1) is 0 Å². The Balaban J connectivity index is 1.30. The van der Waals surface area contributed by atoms with Gasteiger partial charge in [-0.3, -0.25) is 0 Å². The summed E-state index contributed by atoms with van der Waals surface area (Å²) in [5.41, 5.74) is 1.16. The molecule has 3 aromatic rings. The molecule has 1 aliphatic rings. The second-order valence-corrected chi connectivity index (χ2v) is 10.9. The molecule has 0 aliphatic heterocycles. The van der Waals surface area contributed by atoms with Crippen LogP contribution in [0.4, 0.5) is 17.6 Å². The van der Waals surface area contributed by atoms with E-state index in [9.17, 15) is 13.2 Å². The van der Waals surface area contributed by atoms with Gasteiger partial charge in [-0.1, -0.05) is 107 Å². The molecule has 0 radical (unpaired) electrons. The predicted molar refractivity (Wildman–Crippen MR) is 148 cm³/mol. The van der Waals surface area contributed by atoms with E-state index in [0.717, 1.165) is 35.8 Å². The van der Waals surface area contributed by atoms with Crippen molar-refractivity contribution in [2.75, 3.05) is 0 Å². The molecule has 0 amide bonds. The van der Waals surface area contributed by atoms with Crippen molar-refractivity contribution in [3.63, 3.8) is 0 Å². The van der Waals surface area contributed by atoms with Gasteiger partial charge in [0, 0.05) is 10.9 Å². The van der Waals surface area contributed by atoms with Crippen LogP contribution >= 0.6 is 0 Å². The van der Waals surface area contributed by atoms with Crippen molar-refractivity contribution >= 4 is 10.8 Å². The third-order valence-corrected chi connectivity index (χ3v) is 8.10. The first-order chi connectivity index (χ1) is 18.3. The lowest BCUT2D eigenvalue weighted by Gasteiger charge is -2.28. The van der Waals surface area contributed by atoms with Crippen molar-refractivity contribution in [1.29, 1.82) is 0 Å². The lowest BCUT2D eigenvalue weighted by molar-refractivity contribution is -0.137. The zero-order valence-corrected chi connectivity index (χ0v) is 22.3. The molecule has 0 atom stereocenters. The van der Waals surface area contributed by atoms with E-state index >= 15 is 4.39 Å². The van der Waals surface area contributed by atoms with Gasteiger partial charge in [-0.2, -0.15) is 13.2 Å². The molecule has 1 aliphatic carbocycles. The summed E-state index contributed by atoms with van der Waals surface area (Å²) >= 11 is 0. The molecule has 0 nitrogen and oxygen atoms in total. The fourth-order valence-electron chi connectivity index (χ4n) is 5.69. The minimum atomic E-state index is -4.39. The standard InChI is InChI=1S/C34H38F4/c1-2-3-4-5-6-7-25-8-10-26(11-9-25)12-13-28-17-23-32-30(24-28)20-19-29(33(32)35)18-14-27-15-21-31(22-16-27)34(36,37)38/h15-17,19-26H,2-13H2,1H3. The molecule has 0 heterocycles. The molecule has 1 fully saturated rings. The van der Waals surface area contributed by atoms with Crippen LogP contribution < -0.4 is 0 Å². The first-order valence-corrected chi connectivity index (χ1v) is 14.2. The molecule has 0 saturated heterocycles. The van der Waals surface area contributed by atoms with Gasteiger partial charge in [0.1, 0.15) is 5.82 Å². The summed E-state index contributed by atoms with van der Waals surface area (Å²) in [4.78, 5) is 0. The van der Waals surface area contributed by atoms with Crippen LogP contribution in [-0.2, 0) is 12.6 Å². The number of rotatable bonds is 9. The molecule has 0 spiro atoms. The summed E-state index contributed by atoms with van der Waals surface area (Å²) in [6.45, 7) is 2.27. The molecule has 4 rings (SSSR count).